The number of carbonyl (C=O) groups is 1. The van der Waals surface area contributed by atoms with Crippen molar-refractivity contribution in [2.24, 2.45) is 0 Å². The number of piperidine rings is 1. The van der Waals surface area contributed by atoms with E-state index in [2.05, 4.69) is 4.90 Å². The second kappa shape index (κ2) is 6.28. The van der Waals surface area contributed by atoms with Crippen LogP contribution in [-0.4, -0.2) is 33.2 Å². The highest BCUT2D eigenvalue weighted by molar-refractivity contribution is 5.89. The van der Waals surface area contributed by atoms with E-state index in [-0.39, 0.29) is 0 Å². The number of hydrogen-bond acceptors (Lipinski definition) is 3. The first-order valence-corrected chi connectivity index (χ1v) is 8.92. The summed E-state index contributed by atoms with van der Waals surface area (Å²) in [5, 5.41) is 20.6. The van der Waals surface area contributed by atoms with E-state index >= 15 is 0 Å². The highest BCUT2D eigenvalue weighted by Crippen LogP contribution is 2.46. The van der Waals surface area contributed by atoms with Crippen molar-refractivity contribution in [3.8, 4) is 0 Å². The molecule has 2 bridgehead atoms. The Hall–Kier alpha value is -2.17. The number of hydrogen-bond donors (Lipinski definition) is 2. The van der Waals surface area contributed by atoms with Crippen molar-refractivity contribution in [3.63, 3.8) is 0 Å². The van der Waals surface area contributed by atoms with Crippen LogP contribution in [0.5, 0.6) is 0 Å². The molecule has 0 amide bonds. The molecule has 2 heterocycles. The van der Waals surface area contributed by atoms with Crippen LogP contribution in [-0.2, 0) is 12.1 Å². The minimum atomic E-state index is -0.874. The van der Waals surface area contributed by atoms with Crippen molar-refractivity contribution in [3.05, 3.63) is 71.3 Å². The zero-order valence-corrected chi connectivity index (χ0v) is 14.1. The van der Waals surface area contributed by atoms with E-state index in [0.717, 1.165) is 24.0 Å². The summed E-state index contributed by atoms with van der Waals surface area (Å²) >= 11 is 0. The predicted molar refractivity (Wildman–Crippen MR) is 95.3 cm³/mol. The molecule has 2 aromatic carbocycles. The summed E-state index contributed by atoms with van der Waals surface area (Å²) in [4.78, 5) is 13.9. The fourth-order valence-electron chi connectivity index (χ4n) is 4.62. The summed E-state index contributed by atoms with van der Waals surface area (Å²) < 4.78 is 0. The van der Waals surface area contributed by atoms with Gasteiger partial charge < -0.3 is 10.2 Å². The maximum absolute atomic E-state index is 11.5. The topological polar surface area (TPSA) is 60.8 Å². The molecule has 0 radical (unpaired) electrons. The maximum Gasteiger partial charge on any atom is 0.336 e. The third kappa shape index (κ3) is 2.96. The number of aromatic carboxylic acids is 1. The normalized spacial score (nSPS) is 28.8. The zero-order chi connectivity index (χ0) is 17.4. The molecule has 0 spiro atoms. The Morgan fingerprint density at radius 3 is 2.24 bits per heavy atom. The molecular formula is C21H23NO3. The second-order valence-corrected chi connectivity index (χ2v) is 7.33. The maximum atomic E-state index is 11.5. The Labute approximate surface area is 147 Å². The summed E-state index contributed by atoms with van der Waals surface area (Å²) in [6.45, 7) is 0.642. The van der Waals surface area contributed by atoms with Gasteiger partial charge in [0.25, 0.3) is 0 Å². The van der Waals surface area contributed by atoms with Gasteiger partial charge in [0.05, 0.1) is 11.2 Å². The van der Waals surface area contributed by atoms with Gasteiger partial charge in [0.15, 0.2) is 0 Å². The summed E-state index contributed by atoms with van der Waals surface area (Å²) in [5.74, 6) is -0.874. The molecule has 2 aliphatic heterocycles. The average molecular weight is 337 g/mol. The lowest BCUT2D eigenvalue weighted by atomic mass is 9.80. The minimum absolute atomic E-state index is 0.297. The number of fused-ring (bicyclic) bond motifs is 2. The number of carboxylic acids is 1. The van der Waals surface area contributed by atoms with Gasteiger partial charge in [0.2, 0.25) is 0 Å². The number of nitrogens with zero attached hydrogens (tertiary/aromatic N) is 1. The monoisotopic (exact) mass is 337 g/mol. The van der Waals surface area contributed by atoms with Crippen LogP contribution in [0.3, 0.4) is 0 Å². The molecule has 0 aliphatic carbocycles. The first kappa shape index (κ1) is 16.3. The summed E-state index contributed by atoms with van der Waals surface area (Å²) in [6.07, 6.45) is 3.55. The highest BCUT2D eigenvalue weighted by atomic mass is 16.4. The molecular weight excluding hydrogens is 314 g/mol. The zero-order valence-electron chi connectivity index (χ0n) is 14.1. The number of aliphatic hydroxyl groups is 1. The largest absolute Gasteiger partial charge is 0.478 e. The van der Waals surface area contributed by atoms with Gasteiger partial charge in [-0.2, -0.15) is 0 Å². The smallest absolute Gasteiger partial charge is 0.336 e. The Morgan fingerprint density at radius 1 is 1.00 bits per heavy atom. The fourth-order valence-corrected chi connectivity index (χ4v) is 4.62. The highest BCUT2D eigenvalue weighted by Gasteiger charge is 2.48. The third-order valence-electron chi connectivity index (χ3n) is 5.83. The quantitative estimate of drug-likeness (QED) is 0.898. The number of carboxylic acid groups (broad SMARTS) is 1. The van der Waals surface area contributed by atoms with Crippen LogP contribution in [0.25, 0.3) is 0 Å². The van der Waals surface area contributed by atoms with Gasteiger partial charge in [-0.15, -0.1) is 0 Å². The molecule has 2 aromatic rings. The Balaban J connectivity index is 1.57. The molecule has 2 fully saturated rings. The molecule has 0 aromatic heterocycles. The van der Waals surface area contributed by atoms with E-state index in [1.807, 2.05) is 42.5 Å². The molecule has 2 N–H and O–H groups in total. The van der Waals surface area contributed by atoms with Crippen LogP contribution in [0.2, 0.25) is 0 Å². The third-order valence-corrected chi connectivity index (χ3v) is 5.83. The van der Waals surface area contributed by atoms with E-state index in [1.54, 1.807) is 12.1 Å². The van der Waals surface area contributed by atoms with Gasteiger partial charge in [-0.1, -0.05) is 48.5 Å². The van der Waals surface area contributed by atoms with Crippen molar-refractivity contribution >= 4 is 5.97 Å². The van der Waals surface area contributed by atoms with Crippen molar-refractivity contribution in [1.82, 2.24) is 4.90 Å². The van der Waals surface area contributed by atoms with Crippen LogP contribution in [0.4, 0.5) is 0 Å². The van der Waals surface area contributed by atoms with Gasteiger partial charge in [-0.25, -0.2) is 4.79 Å². The van der Waals surface area contributed by atoms with E-state index in [0.29, 0.717) is 37.0 Å². The van der Waals surface area contributed by atoms with E-state index in [4.69, 9.17) is 0 Å². The van der Waals surface area contributed by atoms with Crippen LogP contribution >= 0.6 is 0 Å². The molecule has 25 heavy (non-hydrogen) atoms. The van der Waals surface area contributed by atoms with Gasteiger partial charge in [-0.3, -0.25) is 4.90 Å². The summed E-state index contributed by atoms with van der Waals surface area (Å²) in [6, 6.07) is 17.8. The lowest BCUT2D eigenvalue weighted by Crippen LogP contribution is -2.49. The Bertz CT molecular complexity index is 760. The number of benzene rings is 2. The van der Waals surface area contributed by atoms with E-state index < -0.39 is 11.6 Å². The molecule has 2 aliphatic rings. The standard InChI is InChI=1S/C21H23NO3/c23-20(24)19-9-5-4-6-15(19)14-22-17-10-11-18(22)13-21(25,12-17)16-7-2-1-3-8-16/h1-9,17-18,25H,10-14H2,(H,23,24). The van der Waals surface area contributed by atoms with Crippen LogP contribution < -0.4 is 0 Å². The molecule has 130 valence electrons. The van der Waals surface area contributed by atoms with Gasteiger partial charge >= 0.3 is 5.97 Å². The first-order chi connectivity index (χ1) is 12.1. The van der Waals surface area contributed by atoms with Gasteiger partial charge in [-0.05, 0) is 42.9 Å². The van der Waals surface area contributed by atoms with E-state index in [1.165, 1.54) is 0 Å². The molecule has 4 rings (SSSR count). The number of rotatable bonds is 4. The van der Waals surface area contributed by atoms with E-state index in [9.17, 15) is 15.0 Å². The fraction of sp³-hybridized carbons (Fsp3) is 0.381. The predicted octanol–water partition coefficient (Wildman–Crippen LogP) is 3.40. The van der Waals surface area contributed by atoms with Crippen molar-refractivity contribution in [2.75, 3.05) is 0 Å². The Kier molecular flexibility index (Phi) is 4.10. The van der Waals surface area contributed by atoms with Crippen LogP contribution in [0.1, 0.15) is 47.2 Å². The summed E-state index contributed by atoms with van der Waals surface area (Å²) in [5.41, 5.74) is 1.47. The molecule has 4 heteroatoms. The van der Waals surface area contributed by atoms with Crippen LogP contribution in [0.15, 0.2) is 54.6 Å². The van der Waals surface area contributed by atoms with Crippen molar-refractivity contribution in [1.29, 1.82) is 0 Å². The van der Waals surface area contributed by atoms with Crippen LogP contribution in [0, 0.1) is 0 Å². The summed E-state index contributed by atoms with van der Waals surface area (Å²) in [7, 11) is 0. The van der Waals surface area contributed by atoms with Crippen molar-refractivity contribution < 1.29 is 15.0 Å². The molecule has 2 saturated heterocycles. The SMILES string of the molecule is O=C(O)c1ccccc1CN1C2CCC1CC(O)(c1ccccc1)C2. The van der Waals surface area contributed by atoms with Gasteiger partial charge in [0, 0.05) is 18.6 Å². The Morgan fingerprint density at radius 2 is 1.60 bits per heavy atom. The molecule has 2 atom stereocenters. The first-order valence-electron chi connectivity index (χ1n) is 8.92. The van der Waals surface area contributed by atoms with Crippen molar-refractivity contribution in [2.45, 2.75) is 49.9 Å². The lowest BCUT2D eigenvalue weighted by Gasteiger charge is -2.44. The molecule has 2 unspecified atom stereocenters. The minimum Gasteiger partial charge on any atom is -0.478 e. The lowest BCUT2D eigenvalue weighted by molar-refractivity contribution is -0.0595. The van der Waals surface area contributed by atoms with Gasteiger partial charge in [0.1, 0.15) is 0 Å². The second-order valence-electron chi connectivity index (χ2n) is 7.33. The average Bonchev–Trinajstić information content (AvgIpc) is 2.87. The molecule has 4 nitrogen and oxygen atoms in total. The molecule has 0 saturated carbocycles.